The van der Waals surface area contributed by atoms with Crippen LogP contribution in [0.4, 0.5) is 5.82 Å². The topological polar surface area (TPSA) is 61.0 Å². The molecule has 1 aromatic rings. The molecule has 0 saturated heterocycles. The number of hydrogen-bond acceptors (Lipinski definition) is 4. The Balaban J connectivity index is 2.84. The molecule has 86 valence electrons. The summed E-state index contributed by atoms with van der Waals surface area (Å²) in [5.41, 5.74) is 6.56. The van der Waals surface area contributed by atoms with Gasteiger partial charge in [0, 0.05) is 12.8 Å². The second kappa shape index (κ2) is 5.96. The average molecular weight is 219 g/mol. The van der Waals surface area contributed by atoms with Crippen molar-refractivity contribution in [2.45, 2.75) is 33.1 Å². The van der Waals surface area contributed by atoms with Gasteiger partial charge in [0.25, 0.3) is 0 Å². The first-order valence-corrected chi connectivity index (χ1v) is 5.38. The van der Waals surface area contributed by atoms with E-state index < -0.39 is 0 Å². The number of ether oxygens (including phenoxy) is 1. The van der Waals surface area contributed by atoms with Gasteiger partial charge in [-0.15, -0.1) is 12.3 Å². The van der Waals surface area contributed by atoms with E-state index in [1.165, 1.54) is 0 Å². The zero-order chi connectivity index (χ0) is 12.0. The van der Waals surface area contributed by atoms with Crippen LogP contribution in [0.15, 0.2) is 0 Å². The molecule has 0 aliphatic heterocycles. The molecule has 0 aromatic carbocycles. The number of aryl methyl sites for hydroxylation is 1. The maximum atomic E-state index is 5.78. The molecule has 0 fully saturated rings. The predicted molar refractivity (Wildman–Crippen MR) is 64.1 cm³/mol. The summed E-state index contributed by atoms with van der Waals surface area (Å²) in [6.45, 7) is 4.37. The number of hydrogen-bond donors (Lipinski definition) is 1. The standard InChI is InChI=1S/C12H17N3O/c1-4-6-8-16-12-9(3)11(13)14-10(15-12)7-5-2/h1H,5-8H2,2-3H3,(H2,13,14,15). The molecule has 4 heteroatoms. The van der Waals surface area contributed by atoms with Crippen molar-refractivity contribution in [2.75, 3.05) is 12.3 Å². The van der Waals surface area contributed by atoms with Crippen LogP contribution in [-0.2, 0) is 6.42 Å². The Bertz CT molecular complexity index is 396. The van der Waals surface area contributed by atoms with Gasteiger partial charge in [0.05, 0.1) is 5.56 Å². The fourth-order valence-electron chi connectivity index (χ4n) is 1.24. The third-order valence-corrected chi connectivity index (χ3v) is 2.14. The minimum absolute atomic E-state index is 0.458. The van der Waals surface area contributed by atoms with Gasteiger partial charge in [0.2, 0.25) is 5.88 Å². The number of nitrogens with two attached hydrogens (primary N) is 1. The van der Waals surface area contributed by atoms with Gasteiger partial charge in [0.15, 0.2) is 0 Å². The van der Waals surface area contributed by atoms with Crippen LogP contribution in [-0.4, -0.2) is 16.6 Å². The van der Waals surface area contributed by atoms with Crippen LogP contribution in [0.3, 0.4) is 0 Å². The van der Waals surface area contributed by atoms with E-state index in [0.29, 0.717) is 24.7 Å². The third kappa shape index (κ3) is 3.13. The van der Waals surface area contributed by atoms with Gasteiger partial charge in [0.1, 0.15) is 18.2 Å². The smallest absolute Gasteiger partial charge is 0.221 e. The van der Waals surface area contributed by atoms with E-state index in [1.807, 2.05) is 6.92 Å². The summed E-state index contributed by atoms with van der Waals surface area (Å²) in [5, 5.41) is 0. The summed E-state index contributed by atoms with van der Waals surface area (Å²) in [4.78, 5) is 8.51. The first-order valence-electron chi connectivity index (χ1n) is 5.38. The Hall–Kier alpha value is -1.76. The van der Waals surface area contributed by atoms with Gasteiger partial charge in [-0.05, 0) is 13.3 Å². The summed E-state index contributed by atoms with van der Waals surface area (Å²) < 4.78 is 5.47. The number of aromatic nitrogens is 2. The summed E-state index contributed by atoms with van der Waals surface area (Å²) >= 11 is 0. The Kier molecular flexibility index (Phi) is 4.59. The molecule has 0 saturated carbocycles. The second-order valence-electron chi connectivity index (χ2n) is 3.51. The number of nitrogens with zero attached hydrogens (tertiary/aromatic N) is 2. The minimum Gasteiger partial charge on any atom is -0.476 e. The molecule has 0 unspecified atom stereocenters. The normalized spacial score (nSPS) is 9.81. The highest BCUT2D eigenvalue weighted by Gasteiger charge is 2.09. The van der Waals surface area contributed by atoms with Crippen LogP contribution < -0.4 is 10.5 Å². The van der Waals surface area contributed by atoms with E-state index in [0.717, 1.165) is 24.2 Å². The lowest BCUT2D eigenvalue weighted by molar-refractivity contribution is 0.310. The van der Waals surface area contributed by atoms with Crippen molar-refractivity contribution >= 4 is 5.82 Å². The molecule has 0 atom stereocenters. The van der Waals surface area contributed by atoms with Crippen LogP contribution in [0.2, 0.25) is 0 Å². The number of anilines is 1. The third-order valence-electron chi connectivity index (χ3n) is 2.14. The highest BCUT2D eigenvalue weighted by Crippen LogP contribution is 2.20. The summed E-state index contributed by atoms with van der Waals surface area (Å²) in [6.07, 6.45) is 7.49. The molecule has 0 aliphatic carbocycles. The fraction of sp³-hybridized carbons (Fsp3) is 0.500. The lowest BCUT2D eigenvalue weighted by atomic mass is 10.3. The van der Waals surface area contributed by atoms with Gasteiger partial charge in [-0.25, -0.2) is 4.98 Å². The maximum absolute atomic E-state index is 5.78. The predicted octanol–water partition coefficient (Wildman–Crippen LogP) is 1.72. The zero-order valence-electron chi connectivity index (χ0n) is 9.79. The maximum Gasteiger partial charge on any atom is 0.221 e. The van der Waals surface area contributed by atoms with Crippen LogP contribution in [0.1, 0.15) is 31.2 Å². The molecule has 0 bridgehead atoms. The molecule has 0 aliphatic rings. The number of nitrogen functional groups attached to an aromatic ring is 1. The van der Waals surface area contributed by atoms with E-state index in [9.17, 15) is 0 Å². The second-order valence-corrected chi connectivity index (χ2v) is 3.51. The molecule has 0 spiro atoms. The van der Waals surface area contributed by atoms with Crippen molar-refractivity contribution in [2.24, 2.45) is 0 Å². The molecule has 0 amide bonds. The molecule has 4 nitrogen and oxygen atoms in total. The molecule has 1 aromatic heterocycles. The van der Waals surface area contributed by atoms with Crippen molar-refractivity contribution in [1.82, 2.24) is 9.97 Å². The fourth-order valence-corrected chi connectivity index (χ4v) is 1.24. The van der Waals surface area contributed by atoms with Crippen molar-refractivity contribution in [3.8, 4) is 18.2 Å². The van der Waals surface area contributed by atoms with Gasteiger partial charge in [-0.3, -0.25) is 0 Å². The molecule has 1 heterocycles. The molecule has 1 rings (SSSR count). The van der Waals surface area contributed by atoms with Crippen LogP contribution in [0.25, 0.3) is 0 Å². The Morgan fingerprint density at radius 3 is 2.81 bits per heavy atom. The zero-order valence-corrected chi connectivity index (χ0v) is 9.79. The summed E-state index contributed by atoms with van der Waals surface area (Å²) in [6, 6.07) is 0. The highest BCUT2D eigenvalue weighted by molar-refractivity contribution is 5.44. The Morgan fingerprint density at radius 1 is 1.44 bits per heavy atom. The molecule has 2 N–H and O–H groups in total. The SMILES string of the molecule is C#CCCOc1nc(CCC)nc(N)c1C. The number of terminal acetylenes is 1. The highest BCUT2D eigenvalue weighted by atomic mass is 16.5. The Labute approximate surface area is 96.2 Å². The van der Waals surface area contributed by atoms with E-state index in [-0.39, 0.29) is 0 Å². The van der Waals surface area contributed by atoms with Crippen LogP contribution in [0, 0.1) is 19.3 Å². The van der Waals surface area contributed by atoms with E-state index in [1.54, 1.807) is 0 Å². The van der Waals surface area contributed by atoms with Crippen molar-refractivity contribution < 1.29 is 4.74 Å². The first-order chi connectivity index (χ1) is 7.69. The summed E-state index contributed by atoms with van der Waals surface area (Å²) in [5.74, 6) is 4.26. The largest absolute Gasteiger partial charge is 0.476 e. The van der Waals surface area contributed by atoms with Gasteiger partial charge in [-0.2, -0.15) is 4.98 Å². The summed E-state index contributed by atoms with van der Waals surface area (Å²) in [7, 11) is 0. The van der Waals surface area contributed by atoms with Crippen LogP contribution >= 0.6 is 0 Å². The quantitative estimate of drug-likeness (QED) is 0.605. The first kappa shape index (κ1) is 12.3. The van der Waals surface area contributed by atoms with E-state index >= 15 is 0 Å². The van der Waals surface area contributed by atoms with E-state index in [2.05, 4.69) is 22.8 Å². The lowest BCUT2D eigenvalue weighted by Gasteiger charge is -2.10. The lowest BCUT2D eigenvalue weighted by Crippen LogP contribution is -2.07. The van der Waals surface area contributed by atoms with Gasteiger partial charge in [-0.1, -0.05) is 6.92 Å². The van der Waals surface area contributed by atoms with Gasteiger partial charge >= 0.3 is 0 Å². The molecular formula is C12H17N3O. The van der Waals surface area contributed by atoms with Crippen molar-refractivity contribution in [1.29, 1.82) is 0 Å². The van der Waals surface area contributed by atoms with E-state index in [4.69, 9.17) is 16.9 Å². The molecular weight excluding hydrogens is 202 g/mol. The van der Waals surface area contributed by atoms with Crippen LogP contribution in [0.5, 0.6) is 5.88 Å². The van der Waals surface area contributed by atoms with Gasteiger partial charge < -0.3 is 10.5 Å². The molecule has 0 radical (unpaired) electrons. The molecule has 16 heavy (non-hydrogen) atoms. The average Bonchev–Trinajstić information content (AvgIpc) is 2.25. The number of rotatable bonds is 5. The minimum atomic E-state index is 0.458. The Morgan fingerprint density at radius 2 is 2.19 bits per heavy atom. The van der Waals surface area contributed by atoms with Crippen molar-refractivity contribution in [3.63, 3.8) is 0 Å². The monoisotopic (exact) mass is 219 g/mol. The van der Waals surface area contributed by atoms with Crippen molar-refractivity contribution in [3.05, 3.63) is 11.4 Å².